The number of nitrogens with one attached hydrogen (secondary N) is 2. The molecule has 5 nitrogen and oxygen atoms in total. The molecule has 0 spiro atoms. The van der Waals surface area contributed by atoms with Gasteiger partial charge in [0.1, 0.15) is 18.2 Å². The summed E-state index contributed by atoms with van der Waals surface area (Å²) in [5.41, 5.74) is 4.90. The Morgan fingerprint density at radius 3 is 2.50 bits per heavy atom. The van der Waals surface area contributed by atoms with Crippen LogP contribution in [0, 0.1) is 0 Å². The molecule has 0 aliphatic heterocycles. The van der Waals surface area contributed by atoms with E-state index in [1.807, 2.05) is 54.6 Å². The number of aromatic nitrogens is 2. The molecule has 0 atom stereocenters. The lowest BCUT2D eigenvalue weighted by Crippen LogP contribution is -2.12. The van der Waals surface area contributed by atoms with Crippen molar-refractivity contribution >= 4 is 45.8 Å². The predicted molar refractivity (Wildman–Crippen MR) is 137 cm³/mol. The molecule has 5 aromatic rings. The number of aromatic amines is 1. The lowest BCUT2D eigenvalue weighted by Gasteiger charge is -2.10. The molecule has 4 aromatic carbocycles. The van der Waals surface area contributed by atoms with Gasteiger partial charge in [-0.25, -0.2) is 4.98 Å². The van der Waals surface area contributed by atoms with Crippen LogP contribution < -0.4 is 10.1 Å². The molecule has 34 heavy (non-hydrogen) atoms. The average Bonchev–Trinajstić information content (AvgIpc) is 3.30. The number of imidazole rings is 1. The smallest absolute Gasteiger partial charge is 0.255 e. The van der Waals surface area contributed by atoms with Gasteiger partial charge in [-0.3, -0.25) is 4.79 Å². The van der Waals surface area contributed by atoms with Crippen molar-refractivity contribution in [2.75, 3.05) is 5.32 Å². The number of hydrogen-bond donors (Lipinski definition) is 2. The number of amides is 1. The second-order valence-corrected chi connectivity index (χ2v) is 8.51. The summed E-state index contributed by atoms with van der Waals surface area (Å²) in [6.07, 6.45) is 0. The van der Waals surface area contributed by atoms with Gasteiger partial charge >= 0.3 is 0 Å². The Balaban J connectivity index is 1.24. The lowest BCUT2D eigenvalue weighted by atomic mass is 10.1. The quantitative estimate of drug-likeness (QED) is 0.262. The van der Waals surface area contributed by atoms with Gasteiger partial charge < -0.3 is 15.0 Å². The molecule has 2 N–H and O–H groups in total. The number of carbonyl (C=O) groups is 1. The summed E-state index contributed by atoms with van der Waals surface area (Å²) in [4.78, 5) is 20.7. The van der Waals surface area contributed by atoms with Crippen LogP contribution in [0.1, 0.15) is 15.9 Å². The number of H-pyrrole nitrogens is 1. The van der Waals surface area contributed by atoms with E-state index in [1.54, 1.807) is 36.4 Å². The number of hydrogen-bond acceptors (Lipinski definition) is 3. The summed E-state index contributed by atoms with van der Waals surface area (Å²) in [6.45, 7) is 0.311. The fourth-order valence-corrected chi connectivity index (χ4v) is 3.85. The van der Waals surface area contributed by atoms with Crippen molar-refractivity contribution in [2.24, 2.45) is 0 Å². The molecule has 168 valence electrons. The number of anilines is 1. The van der Waals surface area contributed by atoms with E-state index >= 15 is 0 Å². The van der Waals surface area contributed by atoms with Crippen molar-refractivity contribution in [3.05, 3.63) is 112 Å². The molecule has 5 rings (SSSR count). The summed E-state index contributed by atoms with van der Waals surface area (Å²) >= 11 is 12.0. The minimum Gasteiger partial charge on any atom is -0.489 e. The number of benzene rings is 4. The number of ether oxygens (including phenoxy) is 1. The Labute approximate surface area is 206 Å². The second kappa shape index (κ2) is 9.59. The summed E-state index contributed by atoms with van der Waals surface area (Å²) in [5, 5.41) is 3.89. The first-order valence-electron chi connectivity index (χ1n) is 10.6. The van der Waals surface area contributed by atoms with Crippen molar-refractivity contribution in [1.29, 1.82) is 0 Å². The maximum atomic E-state index is 12.8. The highest BCUT2D eigenvalue weighted by atomic mass is 35.5. The lowest BCUT2D eigenvalue weighted by molar-refractivity contribution is 0.102. The number of halogens is 2. The van der Waals surface area contributed by atoms with Gasteiger partial charge in [0.05, 0.1) is 21.1 Å². The molecule has 0 aliphatic rings. The van der Waals surface area contributed by atoms with E-state index in [4.69, 9.17) is 27.9 Å². The number of rotatable bonds is 6. The van der Waals surface area contributed by atoms with E-state index < -0.39 is 0 Å². The fraction of sp³-hybridized carbons (Fsp3) is 0.0370. The SMILES string of the molecule is O=C(Nc1ccc(-c2nc3ccccc3[nH]2)cc1)c1cccc(OCc2ccc(Cl)c(Cl)c2)c1. The van der Waals surface area contributed by atoms with Gasteiger partial charge in [-0.1, -0.05) is 47.5 Å². The van der Waals surface area contributed by atoms with E-state index in [1.165, 1.54) is 0 Å². The Hall–Kier alpha value is -3.80. The minimum atomic E-state index is -0.225. The van der Waals surface area contributed by atoms with E-state index in [-0.39, 0.29) is 5.91 Å². The monoisotopic (exact) mass is 487 g/mol. The zero-order valence-corrected chi connectivity index (χ0v) is 19.4. The molecule has 0 fully saturated rings. The summed E-state index contributed by atoms with van der Waals surface area (Å²) in [7, 11) is 0. The normalized spacial score (nSPS) is 10.9. The van der Waals surface area contributed by atoms with Crippen molar-refractivity contribution in [3.8, 4) is 17.1 Å². The van der Waals surface area contributed by atoms with Gasteiger partial charge in [0.15, 0.2) is 0 Å². The van der Waals surface area contributed by atoms with Gasteiger partial charge in [0, 0.05) is 16.8 Å². The summed E-state index contributed by atoms with van der Waals surface area (Å²) in [5.74, 6) is 1.14. The van der Waals surface area contributed by atoms with Crippen molar-refractivity contribution in [3.63, 3.8) is 0 Å². The highest BCUT2D eigenvalue weighted by Crippen LogP contribution is 2.25. The van der Waals surface area contributed by atoms with Crippen molar-refractivity contribution < 1.29 is 9.53 Å². The van der Waals surface area contributed by atoms with Crippen molar-refractivity contribution in [1.82, 2.24) is 9.97 Å². The Bertz CT molecular complexity index is 1450. The van der Waals surface area contributed by atoms with Crippen LogP contribution in [0.15, 0.2) is 91.0 Å². The van der Waals surface area contributed by atoms with E-state index in [9.17, 15) is 4.79 Å². The standard InChI is InChI=1S/C27H19Cl2N3O2/c28-22-13-8-17(14-23(22)29)16-34-21-5-3-4-19(15-21)27(33)30-20-11-9-18(10-12-20)26-31-24-6-1-2-7-25(24)32-26/h1-15H,16H2,(H,30,33)(H,31,32). The molecule has 0 unspecified atom stereocenters. The average molecular weight is 488 g/mol. The first-order chi connectivity index (χ1) is 16.5. The minimum absolute atomic E-state index is 0.225. The van der Waals surface area contributed by atoms with Crippen molar-refractivity contribution in [2.45, 2.75) is 6.61 Å². The van der Waals surface area contributed by atoms with Crippen LogP contribution >= 0.6 is 23.2 Å². The molecular weight excluding hydrogens is 469 g/mol. The van der Waals surface area contributed by atoms with E-state index in [0.717, 1.165) is 28.0 Å². The van der Waals surface area contributed by atoms with Crippen LogP contribution in [-0.4, -0.2) is 15.9 Å². The van der Waals surface area contributed by atoms with Gasteiger partial charge in [0.2, 0.25) is 0 Å². The predicted octanol–water partition coefficient (Wildman–Crippen LogP) is 7.37. The molecule has 0 saturated carbocycles. The molecule has 0 radical (unpaired) electrons. The number of fused-ring (bicyclic) bond motifs is 1. The molecule has 0 aliphatic carbocycles. The molecule has 1 heterocycles. The van der Waals surface area contributed by atoms with E-state index in [0.29, 0.717) is 33.7 Å². The molecule has 0 bridgehead atoms. The van der Waals surface area contributed by atoms with Gasteiger partial charge in [-0.2, -0.15) is 0 Å². The Kier molecular flexibility index (Phi) is 6.21. The Morgan fingerprint density at radius 1 is 0.882 bits per heavy atom. The molecule has 1 aromatic heterocycles. The summed E-state index contributed by atoms with van der Waals surface area (Å²) < 4.78 is 5.83. The summed E-state index contributed by atoms with van der Waals surface area (Å²) in [6, 6.07) is 27.8. The molecule has 7 heteroatoms. The highest BCUT2D eigenvalue weighted by Gasteiger charge is 2.10. The largest absolute Gasteiger partial charge is 0.489 e. The fourth-order valence-electron chi connectivity index (χ4n) is 3.53. The number of nitrogens with zero attached hydrogens (tertiary/aromatic N) is 1. The maximum absolute atomic E-state index is 12.8. The van der Waals surface area contributed by atoms with Crippen LogP contribution in [-0.2, 0) is 6.61 Å². The topological polar surface area (TPSA) is 67.0 Å². The highest BCUT2D eigenvalue weighted by molar-refractivity contribution is 6.42. The van der Waals surface area contributed by atoms with Gasteiger partial charge in [-0.15, -0.1) is 0 Å². The van der Waals surface area contributed by atoms with E-state index in [2.05, 4.69) is 15.3 Å². The third-order valence-corrected chi connectivity index (χ3v) is 6.03. The first-order valence-corrected chi connectivity index (χ1v) is 11.3. The second-order valence-electron chi connectivity index (χ2n) is 7.70. The van der Waals surface area contributed by atoms with Gasteiger partial charge in [-0.05, 0) is 72.3 Å². The number of carbonyl (C=O) groups excluding carboxylic acids is 1. The van der Waals surface area contributed by atoms with Crippen LogP contribution in [0.4, 0.5) is 5.69 Å². The molecular formula is C27H19Cl2N3O2. The van der Waals surface area contributed by atoms with Crippen LogP contribution in [0.2, 0.25) is 10.0 Å². The zero-order chi connectivity index (χ0) is 23.5. The maximum Gasteiger partial charge on any atom is 0.255 e. The third-order valence-electron chi connectivity index (χ3n) is 5.29. The third kappa shape index (κ3) is 4.91. The Morgan fingerprint density at radius 2 is 1.71 bits per heavy atom. The van der Waals surface area contributed by atoms with Crippen LogP contribution in [0.5, 0.6) is 5.75 Å². The number of para-hydroxylation sites is 2. The van der Waals surface area contributed by atoms with Gasteiger partial charge in [0.25, 0.3) is 5.91 Å². The van der Waals surface area contributed by atoms with Crippen LogP contribution in [0.25, 0.3) is 22.4 Å². The molecule has 1 amide bonds. The molecule has 0 saturated heterocycles. The van der Waals surface area contributed by atoms with Crippen LogP contribution in [0.3, 0.4) is 0 Å². The first kappa shape index (κ1) is 22.0. The zero-order valence-electron chi connectivity index (χ0n) is 17.9.